The predicted molar refractivity (Wildman–Crippen MR) is 535 cm³/mol. The minimum Gasteiger partial charge on any atom is -0.481 e. The average Bonchev–Trinajstić information content (AvgIpc) is 1.62. The summed E-state index contributed by atoms with van der Waals surface area (Å²) in [6.45, 7) is 6.13. The van der Waals surface area contributed by atoms with Crippen molar-refractivity contribution in [3.63, 3.8) is 0 Å². The van der Waals surface area contributed by atoms with E-state index in [1.807, 2.05) is 31.2 Å². The Kier molecular flexibility index (Phi) is 44.0. The van der Waals surface area contributed by atoms with E-state index in [-0.39, 0.29) is 129 Å². The monoisotopic (exact) mass is 2050 g/mol. The van der Waals surface area contributed by atoms with Crippen LogP contribution in [0.5, 0.6) is 0 Å². The number of carboxylic acids is 4. The first-order chi connectivity index (χ1) is 69.3. The Morgan fingerprint density at radius 3 is 1.71 bits per heavy atom. The summed E-state index contributed by atoms with van der Waals surface area (Å²) in [6, 6.07) is 4.26. The van der Waals surface area contributed by atoms with Crippen LogP contribution < -0.4 is 80.6 Å². The molecule has 13 atom stereocenters. The fourth-order valence-electron chi connectivity index (χ4n) is 18.1. The SMILES string of the molecule is CCCC[C@H](NC(=O)[C@@H](NC(=O)[C@H](Cc1c[nH]c2c(C)cccc12)NC(C)=O)[C@@H](C)O)C(=O)N[C@H]1CSSC[C@@H](C(=O)N[C@@H](Cc2c[nH]c3ccccc23)C(=O)N2CCC[C@H]2C(N)=O)NC(=O)[C@H](CC(=O)O)NC(=O)[C@H](CCCCNC(=O)CN2CCN(CC(=O)O)CCN(CC(=O)O)CCN(CC(=O)O)CC2)NC(=O)[C@H](Cc2ccc3ccccc3c2)NC(=O)[C@H](CC(N)=O)NC(=O)[C@H](CC2CCNCC2)NC1=O. The molecule has 4 saturated heterocycles. The zero-order valence-electron chi connectivity index (χ0n) is 81.6. The van der Waals surface area contributed by atoms with Crippen molar-refractivity contribution in [2.75, 3.05) is 116 Å². The summed E-state index contributed by atoms with van der Waals surface area (Å²) in [5.74, 6) is -21.8. The van der Waals surface area contributed by atoms with Gasteiger partial charge in [-0.2, -0.15) is 0 Å². The molecule has 10 rings (SSSR count). The van der Waals surface area contributed by atoms with Gasteiger partial charge in [0.1, 0.15) is 72.5 Å². The van der Waals surface area contributed by atoms with Crippen LogP contribution in [0.3, 0.4) is 0 Å². The smallest absolute Gasteiger partial charge is 0.317 e. The van der Waals surface area contributed by atoms with Crippen LogP contribution in [-0.4, -0.2) is 367 Å². The number of amides is 15. The number of aliphatic hydroxyl groups is 1. The molecule has 48 heteroatoms. The van der Waals surface area contributed by atoms with E-state index in [2.05, 4.69) is 79.1 Å². The standard InChI is InChI=1S/C97H134N22O24S2/c1-5-6-20-67(106-96(142)85(56(3)120)114-93(139)71(104-57(4)121)43-63-48-103-84-55(2)15-13-19-65(63)84)88(134)112-75-53-144-145-54-76(95(141)111-74(97(143)119-31-14-23-77(119)86(99)132)44-62-47-102-66-21-10-9-18-64(62)66)113-92(138)73(46-80(124)125)110-87(133)68(22-11-12-28-101-79(123)49-115-32-34-116(50-81(126)127)36-38-118(52-83(130)131)39-37-117(35-33-115)51-82(128)129)105-89(135)70(42-59-24-25-60-16-7-8-17-61(60)40-59)107-91(137)72(45-78(98)122)109-90(136)69(108-94(75)140)41-58-26-29-100-30-27-58/h7-10,13,15-19,21,24-25,40,47-48,56,58,67-77,85,100,102-103,120H,5-6,11-12,14,20,22-23,26-39,41-46,49-54H2,1-4H3,(H2,98,122)(H2,99,132)(H,101,123)(H,104,121)(H,105,135)(H,106,142)(H,107,137)(H,108,140)(H,109,136)(H,110,133)(H,111,141)(H,112,134)(H,113,138)(H,114,139)(H,124,125)(H,126,127)(H,128,129)(H,130,131)/t56-,67+,68+,69+,70+,71+,72+,73+,74+,75+,76+,77+,85+/m1/s1. The van der Waals surface area contributed by atoms with Gasteiger partial charge in [-0.15, -0.1) is 0 Å². The lowest BCUT2D eigenvalue weighted by Crippen LogP contribution is -2.62. The molecule has 145 heavy (non-hydrogen) atoms. The molecule has 4 aliphatic heterocycles. The molecule has 0 aliphatic carbocycles. The molecule has 46 nitrogen and oxygen atoms in total. The quantitative estimate of drug-likeness (QED) is 0.0139. The van der Waals surface area contributed by atoms with Crippen molar-refractivity contribution in [3.05, 3.63) is 120 Å². The number of unbranched alkanes of at least 4 members (excludes halogenated alkanes) is 2. The summed E-state index contributed by atoms with van der Waals surface area (Å²) < 4.78 is 0. The van der Waals surface area contributed by atoms with Crippen LogP contribution >= 0.6 is 21.6 Å². The molecule has 0 unspecified atom stereocenters. The maximum absolute atomic E-state index is 15.7. The minimum atomic E-state index is -2.17. The Bertz CT molecular complexity index is 5570. The first kappa shape index (κ1) is 114. The van der Waals surface area contributed by atoms with E-state index in [1.165, 1.54) is 18.7 Å². The van der Waals surface area contributed by atoms with Crippen LogP contribution in [-0.2, 0) is 110 Å². The summed E-state index contributed by atoms with van der Waals surface area (Å²) >= 11 is 0. The van der Waals surface area contributed by atoms with Gasteiger partial charge in [-0.05, 0) is 130 Å². The van der Waals surface area contributed by atoms with E-state index in [1.54, 1.807) is 99.6 Å². The third kappa shape index (κ3) is 35.5. The number of aliphatic hydroxyl groups excluding tert-OH is 1. The summed E-state index contributed by atoms with van der Waals surface area (Å²) in [5, 5.41) is 89.2. The number of hydrogen-bond donors (Lipinski definition) is 22. The van der Waals surface area contributed by atoms with Gasteiger partial charge in [-0.3, -0.25) is 111 Å². The molecule has 0 radical (unpaired) electrons. The van der Waals surface area contributed by atoms with Crippen molar-refractivity contribution in [2.45, 2.75) is 209 Å². The summed E-state index contributed by atoms with van der Waals surface area (Å²) in [4.78, 5) is 285. The highest BCUT2D eigenvalue weighted by Gasteiger charge is 2.43. The highest BCUT2D eigenvalue weighted by atomic mass is 33.1. The van der Waals surface area contributed by atoms with Gasteiger partial charge in [0.05, 0.1) is 45.1 Å². The van der Waals surface area contributed by atoms with Crippen LogP contribution in [0.1, 0.15) is 126 Å². The zero-order valence-corrected chi connectivity index (χ0v) is 83.2. The fraction of sp³-hybridized carbons (Fsp3) is 0.536. The fourth-order valence-corrected chi connectivity index (χ4v) is 20.5. The number of aryl methyl sites for hydroxylation is 1. The number of likely N-dealkylation sites (tertiary alicyclic amines) is 1. The number of rotatable bonds is 40. The number of aliphatic carboxylic acids is 4. The number of para-hydroxylation sites is 2. The number of H-pyrrole nitrogens is 2. The molecule has 6 heterocycles. The molecule has 4 aliphatic rings. The molecule has 0 bridgehead atoms. The van der Waals surface area contributed by atoms with Crippen LogP contribution in [0.2, 0.25) is 0 Å². The second kappa shape index (κ2) is 56.2. The number of piperidine rings is 1. The van der Waals surface area contributed by atoms with Crippen LogP contribution in [0.4, 0.5) is 0 Å². The van der Waals surface area contributed by atoms with Crippen LogP contribution in [0.25, 0.3) is 32.6 Å². The van der Waals surface area contributed by atoms with E-state index < -0.39 is 248 Å². The molecule has 2 aromatic heterocycles. The van der Waals surface area contributed by atoms with E-state index in [4.69, 9.17) is 11.5 Å². The highest BCUT2D eigenvalue weighted by molar-refractivity contribution is 8.76. The summed E-state index contributed by atoms with van der Waals surface area (Å²) in [5.41, 5.74) is 15.6. The largest absolute Gasteiger partial charge is 0.481 e. The van der Waals surface area contributed by atoms with Gasteiger partial charge in [0, 0.05) is 137 Å². The third-order valence-corrected chi connectivity index (χ3v) is 28.3. The number of hydrogen-bond acceptors (Lipinski definition) is 27. The van der Waals surface area contributed by atoms with E-state index in [9.17, 15) is 73.5 Å². The van der Waals surface area contributed by atoms with Gasteiger partial charge in [-0.1, -0.05) is 120 Å². The number of carbonyl (C=O) groups is 19. The number of aromatic nitrogens is 2. The van der Waals surface area contributed by atoms with Gasteiger partial charge in [0.15, 0.2) is 0 Å². The van der Waals surface area contributed by atoms with Crippen molar-refractivity contribution in [1.82, 2.24) is 104 Å². The Morgan fingerprint density at radius 2 is 1.08 bits per heavy atom. The first-order valence-electron chi connectivity index (χ1n) is 48.7. The Labute approximate surface area is 844 Å². The lowest BCUT2D eigenvalue weighted by molar-refractivity contribution is -0.142. The van der Waals surface area contributed by atoms with Crippen molar-refractivity contribution < 1.29 is 117 Å². The van der Waals surface area contributed by atoms with Crippen molar-refractivity contribution in [3.8, 4) is 0 Å². The van der Waals surface area contributed by atoms with Crippen LogP contribution in [0, 0.1) is 12.8 Å². The number of nitrogens with two attached hydrogens (primary N) is 2. The molecule has 6 aromatic rings. The van der Waals surface area contributed by atoms with E-state index >= 15 is 43.2 Å². The molecule has 0 spiro atoms. The lowest BCUT2D eigenvalue weighted by Gasteiger charge is -2.32. The second-order valence-electron chi connectivity index (χ2n) is 37.1. The Balaban J connectivity index is 1.01. The number of primary amides is 2. The molecule has 4 fully saturated rings. The number of carbonyl (C=O) groups excluding carboxylic acids is 15. The minimum absolute atomic E-state index is 0.0228. The summed E-state index contributed by atoms with van der Waals surface area (Å²) in [6.07, 6.45) is -0.0217. The molecule has 0 saturated carbocycles. The van der Waals surface area contributed by atoms with Gasteiger partial charge < -0.3 is 121 Å². The maximum Gasteiger partial charge on any atom is 0.317 e. The molecule has 24 N–H and O–H groups in total. The number of carboxylic acid groups (broad SMARTS) is 4. The van der Waals surface area contributed by atoms with Crippen molar-refractivity contribution >= 4 is 167 Å². The molecule has 15 amide bonds. The van der Waals surface area contributed by atoms with Gasteiger partial charge in [-0.25, -0.2) is 0 Å². The molecular formula is C97H134N22O24S2. The number of fused-ring (bicyclic) bond motifs is 3. The average molecular weight is 2060 g/mol. The van der Waals surface area contributed by atoms with Gasteiger partial charge in [0.25, 0.3) is 0 Å². The first-order valence-corrected chi connectivity index (χ1v) is 51.2. The Hall–Kier alpha value is -13.4. The molecule has 788 valence electrons. The third-order valence-electron chi connectivity index (χ3n) is 25.9. The zero-order chi connectivity index (χ0) is 105. The predicted octanol–water partition coefficient (Wildman–Crippen LogP) is -2.56. The normalized spacial score (nSPS) is 21.4. The van der Waals surface area contributed by atoms with Crippen LogP contribution in [0.15, 0.2) is 97.3 Å². The van der Waals surface area contributed by atoms with Crippen molar-refractivity contribution in [1.29, 1.82) is 0 Å². The number of nitrogens with one attached hydrogen (secondary N) is 15. The van der Waals surface area contributed by atoms with E-state index in [0.29, 0.717) is 71.8 Å². The Morgan fingerprint density at radius 1 is 0.524 bits per heavy atom. The maximum atomic E-state index is 15.7. The molecular weight excluding hydrogens is 1920 g/mol. The van der Waals surface area contributed by atoms with Crippen molar-refractivity contribution in [2.24, 2.45) is 17.4 Å². The highest BCUT2D eigenvalue weighted by Crippen LogP contribution is 2.29. The van der Waals surface area contributed by atoms with Gasteiger partial charge >= 0.3 is 23.9 Å². The van der Waals surface area contributed by atoms with E-state index in [0.717, 1.165) is 43.4 Å². The van der Waals surface area contributed by atoms with Gasteiger partial charge in [0.2, 0.25) is 88.6 Å². The topological polar surface area (TPSA) is 682 Å². The lowest BCUT2D eigenvalue weighted by atomic mass is 9.90. The number of nitrogens with zero attached hydrogens (tertiary/aromatic N) is 5. The second-order valence-corrected chi connectivity index (χ2v) is 39.7. The number of benzene rings is 4. The summed E-state index contributed by atoms with van der Waals surface area (Å²) in [7, 11) is 1.55. The molecule has 4 aromatic carbocycles. The number of aromatic amines is 2.